The number of ketones is 1. The van der Waals surface area contributed by atoms with Gasteiger partial charge in [-0.15, -0.1) is 0 Å². The van der Waals surface area contributed by atoms with Gasteiger partial charge >= 0.3 is 0 Å². The van der Waals surface area contributed by atoms with Gasteiger partial charge in [-0.25, -0.2) is 0 Å². The number of allylic oxidation sites excluding steroid dienone is 7. The number of nitriles is 1. The number of benzene rings is 1. The summed E-state index contributed by atoms with van der Waals surface area (Å²) >= 11 is 6.18. The van der Waals surface area contributed by atoms with Crippen LogP contribution in [0.1, 0.15) is 53.5 Å². The van der Waals surface area contributed by atoms with Gasteiger partial charge in [0.15, 0.2) is 5.78 Å². The molecule has 0 bridgehead atoms. The summed E-state index contributed by atoms with van der Waals surface area (Å²) < 4.78 is 6.33. The lowest BCUT2D eigenvalue weighted by Crippen LogP contribution is -2.65. The van der Waals surface area contributed by atoms with Crippen molar-refractivity contribution in [1.29, 1.82) is 5.26 Å². The van der Waals surface area contributed by atoms with Crippen LogP contribution in [0.25, 0.3) is 0 Å². The normalized spacial score (nSPS) is 23.6. The molecular formula is C28H31ClN2O2. The van der Waals surface area contributed by atoms with Crippen LogP contribution in [0, 0.1) is 28.1 Å². The van der Waals surface area contributed by atoms with Crippen LogP contribution in [0.5, 0.6) is 5.75 Å². The molecule has 0 spiro atoms. The minimum atomic E-state index is -0.211. The molecule has 1 heterocycles. The number of carbonyl (C=O) groups excluding carboxylic acids is 1. The van der Waals surface area contributed by atoms with Crippen molar-refractivity contribution >= 4 is 23.1 Å². The Kier molecular flexibility index (Phi) is 6.86. The number of nitrogens with zero attached hydrogens (tertiary/aromatic N) is 2. The Morgan fingerprint density at radius 2 is 1.94 bits per heavy atom. The predicted molar refractivity (Wildman–Crippen MR) is 134 cm³/mol. The fraction of sp³-hybridized carbons (Fsp3) is 0.393. The van der Waals surface area contributed by atoms with Crippen LogP contribution in [0.4, 0.5) is 0 Å². The average molecular weight is 463 g/mol. The van der Waals surface area contributed by atoms with Gasteiger partial charge in [0.2, 0.25) is 0 Å². The fourth-order valence-corrected chi connectivity index (χ4v) is 5.58. The van der Waals surface area contributed by atoms with Crippen molar-refractivity contribution < 1.29 is 9.53 Å². The molecule has 3 rings (SSSR count). The Labute approximate surface area is 202 Å². The van der Waals surface area contributed by atoms with Crippen LogP contribution in [-0.2, 0) is 4.79 Å². The number of hydrogen-bond donors (Lipinski definition) is 0. The molecule has 1 aliphatic heterocycles. The van der Waals surface area contributed by atoms with Gasteiger partial charge in [-0.1, -0.05) is 65.0 Å². The minimum absolute atomic E-state index is 0.0743. The molecular weight excluding hydrogens is 432 g/mol. The Morgan fingerprint density at radius 3 is 2.52 bits per heavy atom. The maximum Gasteiger partial charge on any atom is 0.187 e. The highest BCUT2D eigenvalue weighted by Crippen LogP contribution is 2.60. The SMILES string of the molecule is C=C1C=CC(C)=NC(CC)=C1C(=O)/C=C/C1C(C)(C)C(Oc2ccc(C#N)c(Cl)c2)C1(C)C. The van der Waals surface area contributed by atoms with E-state index in [0.717, 1.165) is 11.4 Å². The number of ether oxygens (including phenoxy) is 1. The summed E-state index contributed by atoms with van der Waals surface area (Å²) in [6.07, 6.45) is 7.99. The summed E-state index contributed by atoms with van der Waals surface area (Å²) in [5, 5.41) is 9.47. The fourth-order valence-electron chi connectivity index (χ4n) is 5.36. The van der Waals surface area contributed by atoms with E-state index < -0.39 is 0 Å². The monoisotopic (exact) mass is 462 g/mol. The van der Waals surface area contributed by atoms with Gasteiger partial charge in [-0.05, 0) is 49.1 Å². The van der Waals surface area contributed by atoms with Crippen LogP contribution in [0.15, 0.2) is 70.9 Å². The molecule has 1 aromatic carbocycles. The molecule has 0 aromatic heterocycles. The lowest BCUT2D eigenvalue weighted by molar-refractivity contribution is -0.177. The average Bonchev–Trinajstić information content (AvgIpc) is 2.89. The van der Waals surface area contributed by atoms with E-state index in [2.05, 4.69) is 45.3 Å². The molecule has 0 amide bonds. The smallest absolute Gasteiger partial charge is 0.187 e. The highest BCUT2D eigenvalue weighted by atomic mass is 35.5. The second-order valence-electron chi connectivity index (χ2n) is 9.88. The first-order valence-electron chi connectivity index (χ1n) is 11.2. The molecule has 0 saturated heterocycles. The molecule has 172 valence electrons. The van der Waals surface area contributed by atoms with E-state index in [-0.39, 0.29) is 28.6 Å². The van der Waals surface area contributed by atoms with Crippen LogP contribution < -0.4 is 4.74 Å². The van der Waals surface area contributed by atoms with Gasteiger partial charge in [-0.3, -0.25) is 9.79 Å². The molecule has 4 nitrogen and oxygen atoms in total. The molecule has 1 aromatic rings. The Hall–Kier alpha value is -2.90. The molecule has 0 radical (unpaired) electrons. The second kappa shape index (κ2) is 9.15. The lowest BCUT2D eigenvalue weighted by Gasteiger charge is -2.62. The van der Waals surface area contributed by atoms with Crippen molar-refractivity contribution in [2.24, 2.45) is 21.7 Å². The summed E-state index contributed by atoms with van der Waals surface area (Å²) in [7, 11) is 0. The standard InChI is InChI=1S/C28H31ClN2O2/c1-8-22-25(17(2)9-10-18(3)31-22)23(32)13-14-24-27(4,5)26(28(24,6)7)33-20-12-11-19(16-30)21(29)15-20/h9-15,24,26H,2,8H2,1,3-7H3/b14-13+. The van der Waals surface area contributed by atoms with Crippen molar-refractivity contribution in [3.8, 4) is 11.8 Å². The van der Waals surface area contributed by atoms with Gasteiger partial charge < -0.3 is 4.74 Å². The van der Waals surface area contributed by atoms with Gasteiger partial charge in [-0.2, -0.15) is 5.26 Å². The van der Waals surface area contributed by atoms with E-state index in [1.807, 2.05) is 32.1 Å². The number of carbonyl (C=O) groups is 1. The zero-order chi connectivity index (χ0) is 24.6. The van der Waals surface area contributed by atoms with E-state index >= 15 is 0 Å². The Bertz CT molecular complexity index is 1140. The molecule has 0 unspecified atom stereocenters. The molecule has 0 atom stereocenters. The van der Waals surface area contributed by atoms with Crippen LogP contribution >= 0.6 is 11.6 Å². The van der Waals surface area contributed by atoms with E-state index in [0.29, 0.717) is 33.9 Å². The number of halogens is 1. The molecule has 33 heavy (non-hydrogen) atoms. The molecule has 1 fully saturated rings. The first-order valence-corrected chi connectivity index (χ1v) is 11.6. The summed E-state index contributed by atoms with van der Waals surface area (Å²) in [4.78, 5) is 17.8. The van der Waals surface area contributed by atoms with E-state index in [4.69, 9.17) is 21.6 Å². The number of hydrogen-bond acceptors (Lipinski definition) is 4. The highest BCUT2D eigenvalue weighted by Gasteiger charge is 2.62. The quantitative estimate of drug-likeness (QED) is 0.427. The van der Waals surface area contributed by atoms with Crippen molar-refractivity contribution in [1.82, 2.24) is 0 Å². The van der Waals surface area contributed by atoms with Crippen LogP contribution in [-0.4, -0.2) is 17.6 Å². The highest BCUT2D eigenvalue weighted by molar-refractivity contribution is 6.31. The van der Waals surface area contributed by atoms with Crippen LogP contribution in [0.3, 0.4) is 0 Å². The van der Waals surface area contributed by atoms with E-state index in [9.17, 15) is 4.79 Å². The Morgan fingerprint density at radius 1 is 1.27 bits per heavy atom. The number of aliphatic imine (C=N–C) groups is 1. The largest absolute Gasteiger partial charge is 0.489 e. The summed E-state index contributed by atoms with van der Waals surface area (Å²) in [5.41, 5.74) is 2.90. The van der Waals surface area contributed by atoms with E-state index in [1.54, 1.807) is 24.3 Å². The summed E-state index contributed by atoms with van der Waals surface area (Å²) in [6, 6.07) is 7.19. The topological polar surface area (TPSA) is 62.4 Å². The van der Waals surface area contributed by atoms with Crippen molar-refractivity contribution in [2.45, 2.75) is 54.1 Å². The van der Waals surface area contributed by atoms with Crippen molar-refractivity contribution in [3.63, 3.8) is 0 Å². The van der Waals surface area contributed by atoms with Gasteiger partial charge in [0.1, 0.15) is 17.9 Å². The number of rotatable bonds is 6. The maximum absolute atomic E-state index is 13.2. The predicted octanol–water partition coefficient (Wildman–Crippen LogP) is 7.02. The zero-order valence-electron chi connectivity index (χ0n) is 20.2. The lowest BCUT2D eigenvalue weighted by atomic mass is 9.45. The molecule has 1 aliphatic carbocycles. The van der Waals surface area contributed by atoms with Gasteiger partial charge in [0.05, 0.1) is 16.3 Å². The molecule has 0 N–H and O–H groups in total. The third kappa shape index (κ3) is 4.61. The van der Waals surface area contributed by atoms with Crippen molar-refractivity contribution in [3.05, 3.63) is 76.5 Å². The van der Waals surface area contributed by atoms with Gasteiger partial charge in [0, 0.05) is 28.2 Å². The van der Waals surface area contributed by atoms with Crippen molar-refractivity contribution in [2.75, 3.05) is 0 Å². The minimum Gasteiger partial charge on any atom is -0.489 e. The second-order valence-corrected chi connectivity index (χ2v) is 10.3. The van der Waals surface area contributed by atoms with Crippen LogP contribution in [0.2, 0.25) is 5.02 Å². The zero-order valence-corrected chi connectivity index (χ0v) is 21.0. The summed E-state index contributed by atoms with van der Waals surface area (Å²) in [6.45, 7) is 16.6. The summed E-state index contributed by atoms with van der Waals surface area (Å²) in [5.74, 6) is 0.685. The third-order valence-corrected chi connectivity index (χ3v) is 7.05. The first-order chi connectivity index (χ1) is 15.4. The van der Waals surface area contributed by atoms with Gasteiger partial charge in [0.25, 0.3) is 0 Å². The molecule has 5 heteroatoms. The Balaban J connectivity index is 1.83. The molecule has 2 aliphatic rings. The molecule has 1 saturated carbocycles. The maximum atomic E-state index is 13.2. The van der Waals surface area contributed by atoms with E-state index in [1.165, 1.54) is 0 Å². The third-order valence-electron chi connectivity index (χ3n) is 6.74. The first kappa shape index (κ1) is 24.7.